The van der Waals surface area contributed by atoms with E-state index in [9.17, 15) is 14.4 Å². The number of hydrogen-bond acceptors (Lipinski definition) is 10. The van der Waals surface area contributed by atoms with E-state index in [1.807, 2.05) is 13.8 Å². The van der Waals surface area contributed by atoms with Gasteiger partial charge >= 0.3 is 11.9 Å². The highest BCUT2D eigenvalue weighted by molar-refractivity contribution is 5.76. The molecule has 0 spiro atoms. The fraction of sp³-hybridized carbons (Fsp3) is 0.636. The van der Waals surface area contributed by atoms with Crippen molar-refractivity contribution in [3.8, 4) is 0 Å². The Balaban J connectivity index is 1.99. The predicted molar refractivity (Wildman–Crippen MR) is 122 cm³/mol. The van der Waals surface area contributed by atoms with Crippen LogP contribution < -0.4 is 11.5 Å². The number of hydrogen-bond donors (Lipinski definition) is 2. The Morgan fingerprint density at radius 1 is 1.18 bits per heavy atom. The molecule has 0 unspecified atom stereocenters. The van der Waals surface area contributed by atoms with Crippen molar-refractivity contribution in [2.45, 2.75) is 65.5 Å². The number of aromatic nitrogens is 4. The van der Waals surface area contributed by atoms with E-state index in [0.29, 0.717) is 37.0 Å². The lowest BCUT2D eigenvalue weighted by molar-refractivity contribution is -0.149. The molecule has 0 aliphatic heterocycles. The van der Waals surface area contributed by atoms with Gasteiger partial charge in [0.05, 0.1) is 25.7 Å². The molecule has 182 valence electrons. The van der Waals surface area contributed by atoms with E-state index in [1.165, 1.54) is 13.1 Å². The van der Waals surface area contributed by atoms with Crippen molar-refractivity contribution in [1.82, 2.24) is 19.5 Å². The zero-order valence-electron chi connectivity index (χ0n) is 19.5. The number of carbonyl (C=O) groups is 3. The Morgan fingerprint density at radius 3 is 2.64 bits per heavy atom. The van der Waals surface area contributed by atoms with Crippen LogP contribution in [0, 0.1) is 11.8 Å². The van der Waals surface area contributed by atoms with Crippen LogP contribution in [0.15, 0.2) is 12.5 Å². The van der Waals surface area contributed by atoms with Gasteiger partial charge in [0, 0.05) is 25.3 Å². The third-order valence-electron chi connectivity index (χ3n) is 5.52. The number of Topliss-reactive ketones (excluding diaryl/α,β-unsaturated/α-hetero) is 1. The van der Waals surface area contributed by atoms with Crippen LogP contribution in [0.3, 0.4) is 0 Å². The summed E-state index contributed by atoms with van der Waals surface area (Å²) in [7, 11) is 0. The monoisotopic (exact) mass is 462 g/mol. The maximum Gasteiger partial charge on any atom is 0.323 e. The van der Waals surface area contributed by atoms with Crippen molar-refractivity contribution in [2.75, 3.05) is 18.9 Å². The Kier molecular flexibility index (Phi) is 10.2. The topological polar surface area (TPSA) is 165 Å². The van der Waals surface area contributed by atoms with E-state index < -0.39 is 12.0 Å². The van der Waals surface area contributed by atoms with E-state index >= 15 is 0 Å². The van der Waals surface area contributed by atoms with Crippen LogP contribution in [0.4, 0.5) is 5.95 Å². The zero-order chi connectivity index (χ0) is 24.4. The van der Waals surface area contributed by atoms with Gasteiger partial charge in [-0.3, -0.25) is 9.59 Å². The van der Waals surface area contributed by atoms with Crippen LogP contribution in [0.1, 0.15) is 52.9 Å². The predicted octanol–water partition coefficient (Wildman–Crippen LogP) is 1.63. The maximum atomic E-state index is 12.2. The number of nitrogens with two attached hydrogens (primary N) is 2. The number of esters is 2. The summed E-state index contributed by atoms with van der Waals surface area (Å²) in [6.07, 6.45) is 5.33. The smallest absolute Gasteiger partial charge is 0.323 e. The Morgan fingerprint density at radius 2 is 1.94 bits per heavy atom. The summed E-state index contributed by atoms with van der Waals surface area (Å²) in [5, 5.41) is 0. The molecular weight excluding hydrogens is 428 g/mol. The van der Waals surface area contributed by atoms with Gasteiger partial charge in [-0.15, -0.1) is 0 Å². The summed E-state index contributed by atoms with van der Waals surface area (Å²) in [6, 6.07) is -0.676. The molecule has 2 aromatic heterocycles. The summed E-state index contributed by atoms with van der Waals surface area (Å²) in [5.41, 5.74) is 12.8. The first-order valence-electron chi connectivity index (χ1n) is 11.2. The Bertz CT molecular complexity index is 946. The van der Waals surface area contributed by atoms with Crippen LogP contribution in [-0.2, 0) is 30.4 Å². The van der Waals surface area contributed by atoms with Crippen molar-refractivity contribution < 1.29 is 23.9 Å². The van der Waals surface area contributed by atoms with Gasteiger partial charge in [0.25, 0.3) is 0 Å². The quantitative estimate of drug-likeness (QED) is 0.394. The largest absolute Gasteiger partial charge is 0.465 e. The second-order valence-corrected chi connectivity index (χ2v) is 8.31. The minimum absolute atomic E-state index is 0.0201. The van der Waals surface area contributed by atoms with E-state index in [1.54, 1.807) is 10.9 Å². The van der Waals surface area contributed by atoms with Gasteiger partial charge in [0.2, 0.25) is 5.95 Å². The van der Waals surface area contributed by atoms with Crippen LogP contribution >= 0.6 is 0 Å². The van der Waals surface area contributed by atoms with Crippen LogP contribution in [0.5, 0.6) is 0 Å². The summed E-state index contributed by atoms with van der Waals surface area (Å²) in [4.78, 5) is 47.7. The fourth-order valence-electron chi connectivity index (χ4n) is 3.18. The lowest BCUT2D eigenvalue weighted by Gasteiger charge is -2.20. The maximum absolute atomic E-state index is 12.2. The normalized spacial score (nSPS) is 13.9. The van der Waals surface area contributed by atoms with Crippen LogP contribution in [0.2, 0.25) is 0 Å². The molecule has 0 bridgehead atoms. The summed E-state index contributed by atoms with van der Waals surface area (Å²) in [6.45, 7) is 6.03. The molecule has 2 aromatic rings. The molecule has 3 atom stereocenters. The first-order chi connectivity index (χ1) is 15.7. The average Bonchev–Trinajstić information content (AvgIpc) is 3.17. The lowest BCUT2D eigenvalue weighted by Crippen LogP contribution is -2.38. The highest BCUT2D eigenvalue weighted by Crippen LogP contribution is 2.16. The molecule has 11 nitrogen and oxygen atoms in total. The second kappa shape index (κ2) is 12.8. The van der Waals surface area contributed by atoms with Crippen molar-refractivity contribution >= 4 is 34.8 Å². The van der Waals surface area contributed by atoms with Crippen LogP contribution in [-0.4, -0.2) is 56.5 Å². The SMILES string of the molecule is CC[C@H](C)[C@H](N)C(=O)OCC[C@@H](COC(=O)CCCC(C)=O)Cn1cnc2cnc(N)nc21. The van der Waals surface area contributed by atoms with Crippen molar-refractivity contribution in [1.29, 1.82) is 0 Å². The number of ether oxygens (including phenoxy) is 2. The van der Waals surface area contributed by atoms with Gasteiger partial charge < -0.3 is 30.3 Å². The molecule has 2 heterocycles. The third-order valence-corrected chi connectivity index (χ3v) is 5.52. The number of fused-ring (bicyclic) bond motifs is 1. The van der Waals surface area contributed by atoms with Crippen molar-refractivity contribution in [2.24, 2.45) is 17.6 Å². The summed E-state index contributed by atoms with van der Waals surface area (Å²) in [5.74, 6) is -0.816. The first kappa shape index (κ1) is 26.2. The molecule has 4 N–H and O–H groups in total. The molecule has 0 saturated heterocycles. The fourth-order valence-corrected chi connectivity index (χ4v) is 3.18. The molecule has 0 amide bonds. The van der Waals surface area contributed by atoms with E-state index in [2.05, 4.69) is 15.0 Å². The molecule has 0 aliphatic rings. The number of carbonyl (C=O) groups excluding carboxylic acids is 3. The van der Waals surface area contributed by atoms with E-state index in [4.69, 9.17) is 20.9 Å². The number of imidazole rings is 1. The highest BCUT2D eigenvalue weighted by atomic mass is 16.5. The summed E-state index contributed by atoms with van der Waals surface area (Å²) >= 11 is 0. The minimum atomic E-state index is -0.676. The van der Waals surface area contributed by atoms with Gasteiger partial charge in [-0.25, -0.2) is 9.97 Å². The number of rotatable bonds is 14. The van der Waals surface area contributed by atoms with Gasteiger partial charge in [0.15, 0.2) is 5.65 Å². The second-order valence-electron chi connectivity index (χ2n) is 8.31. The number of ketones is 1. The zero-order valence-corrected chi connectivity index (χ0v) is 19.5. The van der Waals surface area contributed by atoms with E-state index in [0.717, 1.165) is 6.42 Å². The van der Waals surface area contributed by atoms with Crippen LogP contribution in [0.25, 0.3) is 11.2 Å². The standard InChI is InChI=1S/C22H34N6O5/c1-4-14(2)19(23)21(31)32-9-8-16(12-33-18(30)7-5-6-15(3)29)11-28-13-26-17-10-25-22(24)27-20(17)28/h10,13-14,16,19H,4-9,11-12,23H2,1-3H3,(H2,24,25,27)/t14-,16+,19-/m0/s1. The molecule has 33 heavy (non-hydrogen) atoms. The molecule has 0 saturated carbocycles. The number of nitrogens with zero attached hydrogens (tertiary/aromatic N) is 4. The van der Waals surface area contributed by atoms with Gasteiger partial charge in [0.1, 0.15) is 17.3 Å². The molecule has 0 fully saturated rings. The van der Waals surface area contributed by atoms with Gasteiger partial charge in [-0.2, -0.15) is 4.98 Å². The van der Waals surface area contributed by atoms with Gasteiger partial charge in [-0.05, 0) is 25.7 Å². The molecule has 0 aliphatic carbocycles. The number of anilines is 1. The molecule has 0 radical (unpaired) electrons. The first-order valence-corrected chi connectivity index (χ1v) is 11.2. The third kappa shape index (κ3) is 8.41. The molecule has 11 heteroatoms. The van der Waals surface area contributed by atoms with Gasteiger partial charge in [-0.1, -0.05) is 20.3 Å². The Hall–Kier alpha value is -3.08. The molecule has 0 aromatic carbocycles. The molecular formula is C22H34N6O5. The molecule has 2 rings (SSSR count). The number of nitrogen functional groups attached to an aromatic ring is 1. The van der Waals surface area contributed by atoms with Crippen molar-refractivity contribution in [3.05, 3.63) is 12.5 Å². The lowest BCUT2D eigenvalue weighted by atomic mass is 10.0. The minimum Gasteiger partial charge on any atom is -0.465 e. The highest BCUT2D eigenvalue weighted by Gasteiger charge is 2.22. The van der Waals surface area contributed by atoms with Crippen molar-refractivity contribution in [3.63, 3.8) is 0 Å². The summed E-state index contributed by atoms with van der Waals surface area (Å²) < 4.78 is 12.6. The Labute approximate surface area is 193 Å². The van der Waals surface area contributed by atoms with E-state index in [-0.39, 0.29) is 49.2 Å². The average molecular weight is 463 g/mol.